The van der Waals surface area contributed by atoms with Crippen molar-refractivity contribution in [3.63, 3.8) is 0 Å². The summed E-state index contributed by atoms with van der Waals surface area (Å²) in [5.41, 5.74) is 3.47. The van der Waals surface area contributed by atoms with Crippen molar-refractivity contribution in [2.75, 3.05) is 13.2 Å². The molecule has 0 amide bonds. The molecule has 1 rings (SSSR count). The molecule has 3 N–H and O–H groups in total. The van der Waals surface area contributed by atoms with Gasteiger partial charge in [0.25, 0.3) is 0 Å². The Morgan fingerprint density at radius 3 is 2.89 bits per heavy atom. The number of nitrogens with zero attached hydrogens (tertiary/aromatic N) is 1. The topological polar surface area (TPSA) is 65.9 Å². The molecule has 0 saturated carbocycles. The van der Waals surface area contributed by atoms with Gasteiger partial charge >= 0.3 is 0 Å². The zero-order valence-corrected chi connectivity index (χ0v) is 13.1. The molecular formula is C12H16BrN3O2S. The summed E-state index contributed by atoms with van der Waals surface area (Å²) in [5.74, 6) is 0.489. The number of aromatic hydroxyl groups is 1. The molecule has 0 fully saturated rings. The number of ether oxygens (including phenoxy) is 1. The quantitative estimate of drug-likeness (QED) is 0.434. The van der Waals surface area contributed by atoms with Crippen molar-refractivity contribution in [3.05, 3.63) is 22.2 Å². The van der Waals surface area contributed by atoms with Crippen molar-refractivity contribution in [1.82, 2.24) is 10.7 Å². The van der Waals surface area contributed by atoms with Crippen LogP contribution in [0.3, 0.4) is 0 Å². The molecule has 0 aromatic heterocycles. The van der Waals surface area contributed by atoms with E-state index in [1.165, 1.54) is 0 Å². The Bertz CT molecular complexity index is 480. The largest absolute Gasteiger partial charge is 0.503 e. The minimum absolute atomic E-state index is 0.0788. The van der Waals surface area contributed by atoms with Crippen LogP contribution in [0.4, 0.5) is 0 Å². The lowest BCUT2D eigenvalue weighted by atomic mass is 10.2. The highest BCUT2D eigenvalue weighted by atomic mass is 79.9. The summed E-state index contributed by atoms with van der Waals surface area (Å²) in [6.07, 6.45) is 1.59. The zero-order valence-electron chi connectivity index (χ0n) is 10.7. The molecule has 5 nitrogen and oxygen atoms in total. The molecule has 0 atom stereocenters. The molecule has 19 heavy (non-hydrogen) atoms. The molecule has 0 aliphatic heterocycles. The van der Waals surface area contributed by atoms with Crippen LogP contribution in [0.2, 0.25) is 0 Å². The van der Waals surface area contributed by atoms with E-state index in [9.17, 15) is 5.11 Å². The number of thiocarbonyl (C=S) groups is 1. The summed E-state index contributed by atoms with van der Waals surface area (Å²) in [5, 5.41) is 17.1. The summed E-state index contributed by atoms with van der Waals surface area (Å²) in [7, 11) is 0. The Labute approximate surface area is 126 Å². The van der Waals surface area contributed by atoms with Gasteiger partial charge in [0.15, 0.2) is 16.6 Å². The van der Waals surface area contributed by atoms with Crippen LogP contribution in [-0.2, 0) is 0 Å². The third-order valence-corrected chi connectivity index (χ3v) is 2.91. The molecular weight excluding hydrogens is 330 g/mol. The maximum atomic E-state index is 9.77. The van der Waals surface area contributed by atoms with Gasteiger partial charge in [0.1, 0.15) is 0 Å². The molecule has 0 heterocycles. The van der Waals surface area contributed by atoms with Gasteiger partial charge in [-0.15, -0.1) is 0 Å². The maximum absolute atomic E-state index is 9.77. The summed E-state index contributed by atoms with van der Waals surface area (Å²) in [6, 6.07) is 3.43. The molecule has 1 aromatic rings. The Morgan fingerprint density at radius 2 is 2.26 bits per heavy atom. The maximum Gasteiger partial charge on any atom is 0.186 e. The van der Waals surface area contributed by atoms with E-state index in [4.69, 9.17) is 17.0 Å². The van der Waals surface area contributed by atoms with Gasteiger partial charge in [0.05, 0.1) is 17.3 Å². The number of rotatable bonds is 5. The van der Waals surface area contributed by atoms with Gasteiger partial charge in [0.2, 0.25) is 0 Å². The smallest absolute Gasteiger partial charge is 0.186 e. The molecule has 0 radical (unpaired) electrons. The minimum Gasteiger partial charge on any atom is -0.503 e. The van der Waals surface area contributed by atoms with E-state index in [1.807, 2.05) is 13.8 Å². The Hall–Kier alpha value is -1.34. The fourth-order valence-corrected chi connectivity index (χ4v) is 1.96. The van der Waals surface area contributed by atoms with Crippen LogP contribution >= 0.6 is 28.1 Å². The second-order valence-electron chi connectivity index (χ2n) is 3.51. The molecule has 0 aliphatic carbocycles. The second kappa shape index (κ2) is 7.96. The van der Waals surface area contributed by atoms with Gasteiger partial charge in [-0.2, -0.15) is 5.10 Å². The van der Waals surface area contributed by atoms with Gasteiger partial charge in [-0.25, -0.2) is 0 Å². The average molecular weight is 346 g/mol. The highest BCUT2D eigenvalue weighted by Crippen LogP contribution is 2.34. The number of hydrazone groups is 1. The van der Waals surface area contributed by atoms with E-state index in [1.54, 1.807) is 18.3 Å². The van der Waals surface area contributed by atoms with Crippen LogP contribution in [0.25, 0.3) is 0 Å². The number of hydrogen-bond donors (Lipinski definition) is 3. The number of nitrogens with one attached hydrogen (secondary N) is 2. The van der Waals surface area contributed by atoms with Crippen molar-refractivity contribution in [1.29, 1.82) is 0 Å². The Morgan fingerprint density at radius 1 is 1.53 bits per heavy atom. The van der Waals surface area contributed by atoms with Crippen LogP contribution < -0.4 is 15.5 Å². The van der Waals surface area contributed by atoms with E-state index in [2.05, 4.69) is 31.8 Å². The number of phenols is 1. The van der Waals surface area contributed by atoms with Crippen LogP contribution in [0, 0.1) is 0 Å². The molecule has 0 saturated heterocycles. The number of phenolic OH excluding ortho intramolecular Hbond substituents is 1. The lowest BCUT2D eigenvalue weighted by molar-refractivity contribution is 0.317. The molecule has 7 heteroatoms. The molecule has 0 aliphatic rings. The highest BCUT2D eigenvalue weighted by Gasteiger charge is 2.08. The number of hydrogen-bond acceptors (Lipinski definition) is 4. The first-order valence-electron chi connectivity index (χ1n) is 5.80. The van der Waals surface area contributed by atoms with E-state index < -0.39 is 0 Å². The van der Waals surface area contributed by atoms with Crippen molar-refractivity contribution in [2.45, 2.75) is 13.8 Å². The summed E-state index contributed by atoms with van der Waals surface area (Å²) >= 11 is 8.24. The fraction of sp³-hybridized carbons (Fsp3) is 0.333. The molecule has 0 bridgehead atoms. The number of halogens is 1. The summed E-state index contributed by atoms with van der Waals surface area (Å²) in [4.78, 5) is 0. The van der Waals surface area contributed by atoms with E-state index in [0.29, 0.717) is 21.9 Å². The minimum atomic E-state index is 0.0788. The first-order chi connectivity index (χ1) is 9.08. The van der Waals surface area contributed by atoms with Gasteiger partial charge in [-0.05, 0) is 59.7 Å². The normalized spacial score (nSPS) is 10.5. The van der Waals surface area contributed by atoms with Crippen molar-refractivity contribution >= 4 is 39.5 Å². The first-order valence-corrected chi connectivity index (χ1v) is 7.00. The van der Waals surface area contributed by atoms with Crippen LogP contribution in [0.15, 0.2) is 21.7 Å². The van der Waals surface area contributed by atoms with Gasteiger partial charge in [-0.3, -0.25) is 5.43 Å². The molecule has 1 aromatic carbocycles. The van der Waals surface area contributed by atoms with E-state index in [0.717, 1.165) is 12.1 Å². The van der Waals surface area contributed by atoms with E-state index >= 15 is 0 Å². The summed E-state index contributed by atoms with van der Waals surface area (Å²) < 4.78 is 5.87. The van der Waals surface area contributed by atoms with E-state index in [-0.39, 0.29) is 5.75 Å². The highest BCUT2D eigenvalue weighted by molar-refractivity contribution is 9.10. The Kier molecular flexibility index (Phi) is 6.58. The second-order valence-corrected chi connectivity index (χ2v) is 4.77. The van der Waals surface area contributed by atoms with Crippen molar-refractivity contribution in [2.24, 2.45) is 5.10 Å². The molecule has 104 valence electrons. The van der Waals surface area contributed by atoms with Crippen molar-refractivity contribution < 1.29 is 9.84 Å². The predicted octanol–water partition coefficient (Wildman–Crippen LogP) is 2.37. The first kappa shape index (κ1) is 15.7. The lowest BCUT2D eigenvalue weighted by Crippen LogP contribution is -2.31. The van der Waals surface area contributed by atoms with Gasteiger partial charge < -0.3 is 15.2 Å². The third-order valence-electron chi connectivity index (χ3n) is 2.07. The van der Waals surface area contributed by atoms with Gasteiger partial charge in [-0.1, -0.05) is 0 Å². The molecule has 0 spiro atoms. The average Bonchev–Trinajstić information content (AvgIpc) is 2.36. The SMILES string of the molecule is CCNC(=S)N/N=C\c1cc(Br)c(O)c(OCC)c1. The van der Waals surface area contributed by atoms with Crippen LogP contribution in [0.1, 0.15) is 19.4 Å². The fourth-order valence-electron chi connectivity index (χ4n) is 1.30. The monoisotopic (exact) mass is 345 g/mol. The Balaban J connectivity index is 2.78. The zero-order chi connectivity index (χ0) is 14.3. The van der Waals surface area contributed by atoms with Crippen LogP contribution in [0.5, 0.6) is 11.5 Å². The van der Waals surface area contributed by atoms with Gasteiger partial charge in [0, 0.05) is 6.54 Å². The predicted molar refractivity (Wildman–Crippen MR) is 84.0 cm³/mol. The van der Waals surface area contributed by atoms with Crippen molar-refractivity contribution in [3.8, 4) is 11.5 Å². The molecule has 0 unspecified atom stereocenters. The standard InChI is InChI=1S/C12H16BrN3O2S/c1-3-14-12(19)16-15-7-8-5-9(13)11(17)10(6-8)18-4-2/h5-7,17H,3-4H2,1-2H3,(H2,14,16,19)/b15-7-. The third kappa shape index (κ3) is 5.04. The van der Waals surface area contributed by atoms with Crippen LogP contribution in [-0.4, -0.2) is 29.6 Å². The number of benzene rings is 1. The lowest BCUT2D eigenvalue weighted by Gasteiger charge is -2.08. The summed E-state index contributed by atoms with van der Waals surface area (Å²) in [6.45, 7) is 5.01.